The lowest BCUT2D eigenvalue weighted by Crippen LogP contribution is -2.42. The van der Waals surface area contributed by atoms with E-state index in [2.05, 4.69) is 5.32 Å². The van der Waals surface area contributed by atoms with E-state index >= 15 is 0 Å². The molecular weight excluding hydrogens is 200 g/mol. The van der Waals surface area contributed by atoms with Gasteiger partial charge in [-0.1, -0.05) is 6.92 Å². The summed E-state index contributed by atoms with van der Waals surface area (Å²) in [5.41, 5.74) is 0.0605. The van der Waals surface area contributed by atoms with Gasteiger partial charge in [-0.05, 0) is 25.0 Å². The first-order valence-corrected chi connectivity index (χ1v) is 4.91. The standard InChI is InChI=1S/C11H11F2NO/c1-2-6-5-7-8(12)3-4-9(13)10(7)11(15)14-6/h3-4,6H,2,5H2,1H3,(H,14,15). The molecule has 1 aromatic carbocycles. The van der Waals surface area contributed by atoms with Crippen molar-refractivity contribution in [2.45, 2.75) is 25.8 Å². The molecule has 0 aromatic heterocycles. The van der Waals surface area contributed by atoms with E-state index in [1.807, 2.05) is 6.92 Å². The number of carbonyl (C=O) groups excluding carboxylic acids is 1. The topological polar surface area (TPSA) is 29.1 Å². The Labute approximate surface area is 86.3 Å². The second-order valence-electron chi connectivity index (χ2n) is 3.67. The summed E-state index contributed by atoms with van der Waals surface area (Å²) < 4.78 is 26.7. The number of amides is 1. The molecule has 0 bridgehead atoms. The molecular formula is C11H11F2NO. The molecule has 1 heterocycles. The van der Waals surface area contributed by atoms with Crippen LogP contribution in [0, 0.1) is 11.6 Å². The number of rotatable bonds is 1. The van der Waals surface area contributed by atoms with Crippen LogP contribution < -0.4 is 5.32 Å². The Balaban J connectivity index is 2.53. The third kappa shape index (κ3) is 1.60. The quantitative estimate of drug-likeness (QED) is 0.756. The van der Waals surface area contributed by atoms with Crippen LogP contribution in [0.5, 0.6) is 0 Å². The molecule has 2 rings (SSSR count). The van der Waals surface area contributed by atoms with Crippen LogP contribution in [0.2, 0.25) is 0 Å². The number of carbonyl (C=O) groups is 1. The van der Waals surface area contributed by atoms with Crippen LogP contribution in [0.4, 0.5) is 8.78 Å². The Morgan fingerprint density at radius 3 is 2.73 bits per heavy atom. The highest BCUT2D eigenvalue weighted by atomic mass is 19.1. The summed E-state index contributed by atoms with van der Waals surface area (Å²) in [6.07, 6.45) is 1.07. The van der Waals surface area contributed by atoms with Crippen LogP contribution in [0.15, 0.2) is 12.1 Å². The molecule has 1 atom stereocenters. The van der Waals surface area contributed by atoms with Crippen LogP contribution in [-0.4, -0.2) is 11.9 Å². The van der Waals surface area contributed by atoms with Crippen molar-refractivity contribution >= 4 is 5.91 Å². The Hall–Kier alpha value is -1.45. The number of hydrogen-bond acceptors (Lipinski definition) is 1. The molecule has 80 valence electrons. The molecule has 0 aliphatic carbocycles. The minimum Gasteiger partial charge on any atom is -0.349 e. The van der Waals surface area contributed by atoms with Crippen molar-refractivity contribution in [2.24, 2.45) is 0 Å². The first kappa shape index (κ1) is 10.1. The molecule has 0 fully saturated rings. The highest BCUT2D eigenvalue weighted by Gasteiger charge is 2.28. The summed E-state index contributed by atoms with van der Waals surface area (Å²) in [7, 11) is 0. The van der Waals surface area contributed by atoms with Crippen LogP contribution in [0.3, 0.4) is 0 Å². The van der Waals surface area contributed by atoms with E-state index < -0.39 is 17.5 Å². The summed E-state index contributed by atoms with van der Waals surface area (Å²) in [6.45, 7) is 1.90. The van der Waals surface area contributed by atoms with Crippen molar-refractivity contribution in [2.75, 3.05) is 0 Å². The van der Waals surface area contributed by atoms with Gasteiger partial charge in [0.05, 0.1) is 5.56 Å². The number of hydrogen-bond donors (Lipinski definition) is 1. The Bertz CT molecular complexity index is 417. The van der Waals surface area contributed by atoms with Crippen LogP contribution in [0.1, 0.15) is 29.3 Å². The third-order valence-electron chi connectivity index (χ3n) is 2.71. The normalized spacial score (nSPS) is 19.7. The fourth-order valence-electron chi connectivity index (χ4n) is 1.84. The van der Waals surface area contributed by atoms with Crippen molar-refractivity contribution in [1.29, 1.82) is 0 Å². The highest BCUT2D eigenvalue weighted by molar-refractivity contribution is 5.97. The van der Waals surface area contributed by atoms with E-state index in [-0.39, 0.29) is 17.2 Å². The molecule has 2 nitrogen and oxygen atoms in total. The largest absolute Gasteiger partial charge is 0.349 e. The van der Waals surface area contributed by atoms with Gasteiger partial charge in [0.1, 0.15) is 11.6 Å². The lowest BCUT2D eigenvalue weighted by atomic mass is 9.93. The summed E-state index contributed by atoms with van der Waals surface area (Å²) in [4.78, 5) is 11.5. The maximum absolute atomic E-state index is 13.4. The lowest BCUT2D eigenvalue weighted by molar-refractivity contribution is 0.0918. The van der Waals surface area contributed by atoms with Crippen molar-refractivity contribution < 1.29 is 13.6 Å². The predicted molar refractivity (Wildman–Crippen MR) is 51.6 cm³/mol. The number of benzene rings is 1. The molecule has 0 saturated heterocycles. The zero-order valence-corrected chi connectivity index (χ0v) is 8.31. The van der Waals surface area contributed by atoms with Crippen molar-refractivity contribution in [1.82, 2.24) is 5.32 Å². The second kappa shape index (κ2) is 3.61. The van der Waals surface area contributed by atoms with Crippen molar-refractivity contribution in [3.05, 3.63) is 34.9 Å². The molecule has 1 aromatic rings. The van der Waals surface area contributed by atoms with Gasteiger partial charge in [0.25, 0.3) is 5.91 Å². The molecule has 1 aliphatic heterocycles. The van der Waals surface area contributed by atoms with Gasteiger partial charge in [-0.2, -0.15) is 0 Å². The summed E-state index contributed by atoms with van der Waals surface area (Å²) >= 11 is 0. The van der Waals surface area contributed by atoms with E-state index in [1.165, 1.54) is 0 Å². The second-order valence-corrected chi connectivity index (χ2v) is 3.67. The fraction of sp³-hybridized carbons (Fsp3) is 0.364. The van der Waals surface area contributed by atoms with Gasteiger partial charge < -0.3 is 5.32 Å². The maximum Gasteiger partial charge on any atom is 0.254 e. The molecule has 1 N–H and O–H groups in total. The zero-order chi connectivity index (χ0) is 11.0. The number of fused-ring (bicyclic) bond motifs is 1. The average molecular weight is 211 g/mol. The van der Waals surface area contributed by atoms with E-state index in [0.29, 0.717) is 12.8 Å². The van der Waals surface area contributed by atoms with E-state index in [4.69, 9.17) is 0 Å². The zero-order valence-electron chi connectivity index (χ0n) is 8.31. The van der Waals surface area contributed by atoms with Gasteiger partial charge in [-0.15, -0.1) is 0 Å². The monoisotopic (exact) mass is 211 g/mol. The van der Waals surface area contributed by atoms with E-state index in [9.17, 15) is 13.6 Å². The van der Waals surface area contributed by atoms with Crippen molar-refractivity contribution in [3.63, 3.8) is 0 Å². The SMILES string of the molecule is CCC1Cc2c(F)ccc(F)c2C(=O)N1. The summed E-state index contributed by atoms with van der Waals surface area (Å²) in [6, 6.07) is 1.96. The first-order valence-electron chi connectivity index (χ1n) is 4.91. The Morgan fingerprint density at radius 1 is 1.40 bits per heavy atom. The molecule has 4 heteroatoms. The van der Waals surface area contributed by atoms with E-state index in [1.54, 1.807) is 0 Å². The molecule has 15 heavy (non-hydrogen) atoms. The molecule has 0 spiro atoms. The Morgan fingerprint density at radius 2 is 2.07 bits per heavy atom. The van der Waals surface area contributed by atoms with Gasteiger partial charge in [0.2, 0.25) is 0 Å². The van der Waals surface area contributed by atoms with Gasteiger partial charge in [0.15, 0.2) is 0 Å². The van der Waals surface area contributed by atoms with Gasteiger partial charge >= 0.3 is 0 Å². The van der Waals surface area contributed by atoms with Gasteiger partial charge in [0, 0.05) is 11.6 Å². The molecule has 0 radical (unpaired) electrons. The number of nitrogens with one attached hydrogen (secondary N) is 1. The maximum atomic E-state index is 13.4. The average Bonchev–Trinajstić information content (AvgIpc) is 2.23. The molecule has 1 aliphatic rings. The summed E-state index contributed by atoms with van der Waals surface area (Å²) in [5.74, 6) is -1.67. The number of halogens is 2. The fourth-order valence-corrected chi connectivity index (χ4v) is 1.84. The smallest absolute Gasteiger partial charge is 0.254 e. The molecule has 1 amide bonds. The van der Waals surface area contributed by atoms with Crippen LogP contribution in [-0.2, 0) is 6.42 Å². The minimum atomic E-state index is -0.654. The minimum absolute atomic E-state index is 0.0960. The molecule has 1 unspecified atom stereocenters. The van der Waals surface area contributed by atoms with Crippen molar-refractivity contribution in [3.8, 4) is 0 Å². The van der Waals surface area contributed by atoms with Crippen LogP contribution in [0.25, 0.3) is 0 Å². The third-order valence-corrected chi connectivity index (χ3v) is 2.71. The highest BCUT2D eigenvalue weighted by Crippen LogP contribution is 2.23. The molecule has 0 saturated carbocycles. The van der Waals surface area contributed by atoms with E-state index in [0.717, 1.165) is 12.1 Å². The predicted octanol–water partition coefficient (Wildman–Crippen LogP) is 2.03. The first-order chi connectivity index (χ1) is 7.13. The van der Waals surface area contributed by atoms with Gasteiger partial charge in [-0.3, -0.25) is 4.79 Å². The van der Waals surface area contributed by atoms with Crippen LogP contribution >= 0.6 is 0 Å². The Kier molecular flexibility index (Phi) is 2.42. The summed E-state index contributed by atoms with van der Waals surface area (Å²) in [5, 5.41) is 2.64. The van der Waals surface area contributed by atoms with Gasteiger partial charge in [-0.25, -0.2) is 8.78 Å². The lowest BCUT2D eigenvalue weighted by Gasteiger charge is -2.25.